The first kappa shape index (κ1) is 41.8. The lowest BCUT2D eigenvalue weighted by atomic mass is 9.61. The molecule has 1 spiro atoms. The van der Waals surface area contributed by atoms with E-state index in [0.29, 0.717) is 36.4 Å². The number of imide groups is 1. The third-order valence-electron chi connectivity index (χ3n) is 13.7. The number of ether oxygens (including phenoxy) is 3. The van der Waals surface area contributed by atoms with Crippen LogP contribution in [0.3, 0.4) is 0 Å². The maximum absolute atomic E-state index is 13.8. The third-order valence-corrected chi connectivity index (χ3v) is 13.7. The molecule has 320 valence electrons. The highest BCUT2D eigenvalue weighted by molar-refractivity contribution is 6.23. The average molecular weight is 828 g/mol. The van der Waals surface area contributed by atoms with Crippen LogP contribution in [0, 0.1) is 11.3 Å². The first-order chi connectivity index (χ1) is 29.4. The first-order valence-electron chi connectivity index (χ1n) is 21.4. The molecule has 61 heavy (non-hydrogen) atoms. The van der Waals surface area contributed by atoms with Gasteiger partial charge in [0.1, 0.15) is 23.3 Å². The maximum Gasteiger partial charge on any atom is 0.262 e. The number of rotatable bonds is 10. The van der Waals surface area contributed by atoms with Crippen molar-refractivity contribution in [2.24, 2.45) is 11.3 Å². The number of nitrogens with zero attached hydrogens (tertiary/aromatic N) is 4. The van der Waals surface area contributed by atoms with Crippen LogP contribution in [0.4, 0.5) is 0 Å². The van der Waals surface area contributed by atoms with Crippen LogP contribution < -0.4 is 19.5 Å². The smallest absolute Gasteiger partial charge is 0.262 e. The SMILES string of the molecule is C=C/C=C1/C(c2cc(OC)c(CN3CCC(C(=O)N4CCC5(CC4)CC(Oc4ccc6c(c4)C(=O)N(C4CCC(=C)NC4=O)C6=O)C5)CC3)c(OC)c2)=CN(C)C(=C)/C1=C/C. The molecule has 1 unspecified atom stereocenters. The summed E-state index contributed by atoms with van der Waals surface area (Å²) in [5, 5.41) is 2.67. The van der Waals surface area contributed by atoms with Crippen LogP contribution in [0.2, 0.25) is 0 Å². The minimum Gasteiger partial charge on any atom is -0.496 e. The van der Waals surface area contributed by atoms with E-state index in [1.165, 1.54) is 0 Å². The molecule has 1 atom stereocenters. The molecule has 4 amide bonds. The second-order valence-electron chi connectivity index (χ2n) is 17.3. The Bertz CT molecular complexity index is 2260. The Morgan fingerprint density at radius 2 is 1.59 bits per heavy atom. The molecule has 0 bridgehead atoms. The normalized spacial score (nSPS) is 23.6. The highest BCUT2D eigenvalue weighted by atomic mass is 16.5. The number of carbonyl (C=O) groups is 4. The van der Waals surface area contributed by atoms with Crippen LogP contribution in [0.5, 0.6) is 17.2 Å². The number of likely N-dealkylation sites (N-methyl/N-ethyl adjacent to an activating group) is 1. The summed E-state index contributed by atoms with van der Waals surface area (Å²) < 4.78 is 18.3. The fraction of sp³-hybridized carbons (Fsp3) is 0.429. The lowest BCUT2D eigenvalue weighted by Crippen LogP contribution is -2.53. The fourth-order valence-corrected chi connectivity index (χ4v) is 10.2. The van der Waals surface area contributed by atoms with Crippen molar-refractivity contribution in [3.8, 4) is 17.2 Å². The number of piperidine rings is 3. The number of nitrogens with one attached hydrogen (secondary N) is 1. The predicted octanol–water partition coefficient (Wildman–Crippen LogP) is 7.01. The number of allylic oxidation sites excluding steroid dienone is 6. The summed E-state index contributed by atoms with van der Waals surface area (Å²) in [5.74, 6) is 1.03. The molecule has 5 aliphatic heterocycles. The van der Waals surface area contributed by atoms with Crippen molar-refractivity contribution in [1.29, 1.82) is 0 Å². The quantitative estimate of drug-likeness (QED) is 0.252. The summed E-state index contributed by atoms with van der Waals surface area (Å²) in [6.45, 7) is 17.8. The van der Waals surface area contributed by atoms with Crippen molar-refractivity contribution < 1.29 is 33.4 Å². The minimum absolute atomic E-state index is 0.000631. The molecule has 0 aromatic heterocycles. The van der Waals surface area contributed by atoms with Crippen molar-refractivity contribution in [3.63, 3.8) is 0 Å². The van der Waals surface area contributed by atoms with Crippen LogP contribution in [0.15, 0.2) is 97.0 Å². The van der Waals surface area contributed by atoms with E-state index < -0.39 is 17.9 Å². The Balaban J connectivity index is 0.825. The van der Waals surface area contributed by atoms with Gasteiger partial charge in [-0.05, 0) is 118 Å². The van der Waals surface area contributed by atoms with E-state index in [-0.39, 0.29) is 34.8 Å². The van der Waals surface area contributed by atoms with E-state index >= 15 is 0 Å². The lowest BCUT2D eigenvalue weighted by Gasteiger charge is -2.52. The van der Waals surface area contributed by atoms with Gasteiger partial charge >= 0.3 is 0 Å². The van der Waals surface area contributed by atoms with Gasteiger partial charge in [0.2, 0.25) is 11.8 Å². The molecular formula is C49H57N5O7. The molecule has 2 aromatic rings. The molecule has 0 radical (unpaired) electrons. The highest BCUT2D eigenvalue weighted by Crippen LogP contribution is 2.51. The largest absolute Gasteiger partial charge is 0.496 e. The van der Waals surface area contributed by atoms with E-state index in [1.54, 1.807) is 38.5 Å². The number of fused-ring (bicyclic) bond motifs is 1. The number of amides is 4. The molecule has 1 N–H and O–H groups in total. The standard InChI is InChI=1S/C49H57N5O7/c1-8-10-37-36(9-2)31(4)51(5)28-40(37)33-23-43(59-6)41(44(24-33)60-7)29-52-19-15-32(16-20-52)46(56)53-21-17-49(18-22-53)26-35(27-49)61-34-12-13-38-39(25-34)48(58)54(47(38)57)42-14-11-30(3)50-45(42)55/h8-10,12-13,23-25,28,32,35,42H,1,3-4,11,14-22,26-27,29H2,2,5-7H3,(H,50,55)/b36-9-,37-10+. The number of carbonyl (C=O) groups excluding carboxylic acids is 4. The summed E-state index contributed by atoms with van der Waals surface area (Å²) in [6, 6.07) is 8.32. The van der Waals surface area contributed by atoms with Gasteiger partial charge in [-0.1, -0.05) is 38.0 Å². The van der Waals surface area contributed by atoms with Crippen molar-refractivity contribution in [1.82, 2.24) is 24.9 Å². The number of benzene rings is 2. The Labute approximate surface area is 358 Å². The van der Waals surface area contributed by atoms with Crippen LogP contribution in [-0.4, -0.2) is 103 Å². The van der Waals surface area contributed by atoms with Gasteiger partial charge in [0.15, 0.2) is 0 Å². The zero-order valence-electron chi connectivity index (χ0n) is 35.9. The molecule has 5 heterocycles. The van der Waals surface area contributed by atoms with Gasteiger partial charge in [0.25, 0.3) is 11.8 Å². The average Bonchev–Trinajstić information content (AvgIpc) is 3.49. The van der Waals surface area contributed by atoms with Crippen molar-refractivity contribution in [2.75, 3.05) is 47.4 Å². The number of hydrogen-bond donors (Lipinski definition) is 1. The molecule has 1 aliphatic carbocycles. The molecule has 2 aromatic carbocycles. The lowest BCUT2D eigenvalue weighted by molar-refractivity contribution is -0.142. The second-order valence-corrected chi connectivity index (χ2v) is 17.3. The summed E-state index contributed by atoms with van der Waals surface area (Å²) >= 11 is 0. The van der Waals surface area contributed by atoms with Gasteiger partial charge in [-0.15, -0.1) is 0 Å². The number of hydrogen-bond acceptors (Lipinski definition) is 9. The van der Waals surface area contributed by atoms with E-state index in [4.69, 9.17) is 14.2 Å². The predicted molar refractivity (Wildman–Crippen MR) is 234 cm³/mol. The van der Waals surface area contributed by atoms with Crippen LogP contribution in [0.25, 0.3) is 5.57 Å². The minimum atomic E-state index is -0.847. The summed E-state index contributed by atoms with van der Waals surface area (Å²) in [4.78, 5) is 60.5. The fourth-order valence-electron chi connectivity index (χ4n) is 10.2. The Morgan fingerprint density at radius 1 is 0.918 bits per heavy atom. The molecular weight excluding hydrogens is 771 g/mol. The van der Waals surface area contributed by atoms with Gasteiger partial charge in [-0.2, -0.15) is 0 Å². The topological polar surface area (TPSA) is 121 Å². The molecule has 8 rings (SSSR count). The Hall–Kier alpha value is -5.88. The van der Waals surface area contributed by atoms with Gasteiger partial charge in [-0.3, -0.25) is 29.0 Å². The highest BCUT2D eigenvalue weighted by Gasteiger charge is 2.49. The molecule has 6 aliphatic rings. The van der Waals surface area contributed by atoms with Crippen molar-refractivity contribution >= 4 is 29.2 Å². The Kier molecular flexibility index (Phi) is 11.6. The van der Waals surface area contributed by atoms with E-state index in [1.807, 2.05) is 24.9 Å². The van der Waals surface area contributed by atoms with Gasteiger partial charge in [0, 0.05) is 61.3 Å². The summed E-state index contributed by atoms with van der Waals surface area (Å²) in [6.07, 6.45) is 14.1. The van der Waals surface area contributed by atoms with Crippen LogP contribution in [-0.2, 0) is 16.1 Å². The van der Waals surface area contributed by atoms with Crippen LogP contribution >= 0.6 is 0 Å². The number of likely N-dealkylation sites (tertiary alicyclic amines) is 2. The van der Waals surface area contributed by atoms with Crippen molar-refractivity contribution in [2.45, 2.75) is 77.0 Å². The van der Waals surface area contributed by atoms with Gasteiger partial charge in [-0.25, -0.2) is 0 Å². The number of methoxy groups -OCH3 is 2. The maximum atomic E-state index is 13.8. The Morgan fingerprint density at radius 3 is 2.21 bits per heavy atom. The molecule has 4 fully saturated rings. The zero-order valence-corrected chi connectivity index (χ0v) is 35.9. The van der Waals surface area contributed by atoms with Gasteiger partial charge in [0.05, 0.1) is 37.0 Å². The monoisotopic (exact) mass is 827 g/mol. The molecule has 12 heteroatoms. The molecule has 3 saturated heterocycles. The molecule has 1 saturated carbocycles. The van der Waals surface area contributed by atoms with Gasteiger partial charge < -0.3 is 29.3 Å². The van der Waals surface area contributed by atoms with Crippen LogP contribution in [0.1, 0.15) is 90.1 Å². The third kappa shape index (κ3) is 7.82. The summed E-state index contributed by atoms with van der Waals surface area (Å²) in [7, 11) is 5.39. The second kappa shape index (κ2) is 16.9. The zero-order chi connectivity index (χ0) is 43.2. The van der Waals surface area contributed by atoms with E-state index in [9.17, 15) is 19.2 Å². The van der Waals surface area contributed by atoms with Crippen molar-refractivity contribution in [3.05, 3.63) is 119 Å². The van der Waals surface area contributed by atoms with E-state index in [2.05, 4.69) is 59.3 Å². The summed E-state index contributed by atoms with van der Waals surface area (Å²) in [5.41, 5.74) is 7.30. The molecule has 12 nitrogen and oxygen atoms in total. The van der Waals surface area contributed by atoms with E-state index in [0.717, 1.165) is 115 Å². The first-order valence-corrected chi connectivity index (χ1v) is 21.4.